The first-order chi connectivity index (χ1) is 41.3. The minimum Gasteiger partial charge on any atom is -0.497 e. The molecular formula is C68H84N6O12. The zero-order chi connectivity index (χ0) is 61.1. The molecule has 10 rings (SSSR count). The molecule has 2 saturated carbocycles. The van der Waals surface area contributed by atoms with Crippen LogP contribution in [0.4, 0.5) is 21.2 Å². The van der Waals surface area contributed by atoms with Crippen LogP contribution in [0.5, 0.6) is 34.5 Å². The number of nitrogen functional groups attached to an aromatic ring is 2. The summed E-state index contributed by atoms with van der Waals surface area (Å²) in [5, 5.41) is 10.3. The molecule has 18 nitrogen and oxygen atoms in total. The van der Waals surface area contributed by atoms with Gasteiger partial charge >= 0.3 is 12.2 Å². The predicted octanol–water partition coefficient (Wildman–Crippen LogP) is 12.9. The van der Waals surface area contributed by atoms with E-state index >= 15 is 0 Å². The summed E-state index contributed by atoms with van der Waals surface area (Å²) in [7, 11) is 3.28. The summed E-state index contributed by atoms with van der Waals surface area (Å²) in [5.41, 5.74) is 18.8. The molecule has 6 aromatic rings. The normalized spacial score (nSPS) is 16.9. The van der Waals surface area contributed by atoms with Crippen LogP contribution in [-0.2, 0) is 29.3 Å². The molecule has 2 aliphatic heterocycles. The molecule has 458 valence electrons. The van der Waals surface area contributed by atoms with Crippen molar-refractivity contribution in [3.63, 3.8) is 0 Å². The van der Waals surface area contributed by atoms with Crippen LogP contribution < -0.4 is 39.9 Å². The molecule has 2 unspecified atom stereocenters. The number of piperidine rings is 2. The Morgan fingerprint density at radius 3 is 1.38 bits per heavy atom. The molecule has 0 spiro atoms. The van der Waals surface area contributed by atoms with Crippen molar-refractivity contribution < 1.29 is 57.4 Å². The highest BCUT2D eigenvalue weighted by atomic mass is 16.6. The molecule has 2 atom stereocenters. The fraction of sp³-hybridized carbons (Fsp3) is 0.456. The number of aromatic nitrogens is 2. The SMILES string of the molecule is COc1ccc(COc2cccc(OCC3CC3)c2-c2cc(C3CCCN(C(=O)OC(C)(C)C)C3)c(C=O)c(N)n2)cc1.COc1ccc(COc2cccc(OCC3CC3)c2-c2cc(C3CCCN(C(=O)OC(C)(C)C)C3)c(CO)c(N)n2)cc1. The number of ether oxygens (including phenoxy) is 8. The Morgan fingerprint density at radius 2 is 0.988 bits per heavy atom. The first-order valence-corrected chi connectivity index (χ1v) is 30.0. The second-order valence-electron chi connectivity index (χ2n) is 24.7. The monoisotopic (exact) mass is 1180 g/mol. The number of pyridine rings is 2. The molecule has 4 fully saturated rings. The average Bonchev–Trinajstić information content (AvgIpc) is 1.62. The lowest BCUT2D eigenvalue weighted by atomic mass is 9.87. The molecule has 2 aliphatic carbocycles. The van der Waals surface area contributed by atoms with Gasteiger partial charge in [0.1, 0.15) is 70.5 Å². The minimum absolute atomic E-state index is 0.0457. The zero-order valence-electron chi connectivity index (χ0n) is 51.0. The van der Waals surface area contributed by atoms with Crippen molar-refractivity contribution in [2.24, 2.45) is 11.8 Å². The molecule has 2 saturated heterocycles. The molecule has 4 aromatic carbocycles. The van der Waals surface area contributed by atoms with Gasteiger partial charge in [-0.15, -0.1) is 0 Å². The van der Waals surface area contributed by atoms with Gasteiger partial charge < -0.3 is 64.3 Å². The third-order valence-corrected chi connectivity index (χ3v) is 15.6. The number of carbonyl (C=O) groups is 3. The van der Waals surface area contributed by atoms with Crippen LogP contribution in [-0.4, -0.2) is 108 Å². The largest absolute Gasteiger partial charge is 0.497 e. The maximum atomic E-state index is 12.9. The molecule has 0 radical (unpaired) electrons. The van der Waals surface area contributed by atoms with E-state index in [2.05, 4.69) is 4.98 Å². The Labute approximate surface area is 505 Å². The van der Waals surface area contributed by atoms with E-state index in [0.717, 1.165) is 78.6 Å². The van der Waals surface area contributed by atoms with Gasteiger partial charge in [0.15, 0.2) is 6.29 Å². The molecular weight excluding hydrogens is 1090 g/mol. The van der Waals surface area contributed by atoms with Gasteiger partial charge in [-0.05, 0) is 188 Å². The summed E-state index contributed by atoms with van der Waals surface area (Å²) in [5.74, 6) is 5.42. The maximum Gasteiger partial charge on any atom is 0.410 e. The molecule has 18 heteroatoms. The average molecular weight is 1180 g/mol. The van der Waals surface area contributed by atoms with Gasteiger partial charge in [0.25, 0.3) is 0 Å². The van der Waals surface area contributed by atoms with Crippen LogP contribution in [0.1, 0.15) is 143 Å². The zero-order valence-corrected chi connectivity index (χ0v) is 51.0. The van der Waals surface area contributed by atoms with Crippen molar-refractivity contribution >= 4 is 30.1 Å². The smallest absolute Gasteiger partial charge is 0.410 e. The van der Waals surface area contributed by atoms with Crippen LogP contribution in [0.2, 0.25) is 0 Å². The third kappa shape index (κ3) is 16.6. The van der Waals surface area contributed by atoms with Crippen LogP contribution in [0, 0.1) is 11.8 Å². The lowest BCUT2D eigenvalue weighted by molar-refractivity contribution is 0.0188. The van der Waals surface area contributed by atoms with Gasteiger partial charge in [-0.25, -0.2) is 19.6 Å². The lowest BCUT2D eigenvalue weighted by Gasteiger charge is -2.35. The van der Waals surface area contributed by atoms with Crippen LogP contribution >= 0.6 is 0 Å². The summed E-state index contributed by atoms with van der Waals surface area (Å²) in [6.45, 7) is 14.9. The Morgan fingerprint density at radius 1 is 0.581 bits per heavy atom. The number of aliphatic hydroxyl groups is 1. The van der Waals surface area contributed by atoms with E-state index in [-0.39, 0.29) is 42.3 Å². The molecule has 5 N–H and O–H groups in total. The first-order valence-electron chi connectivity index (χ1n) is 30.0. The first kappa shape index (κ1) is 62.3. The Bertz CT molecular complexity index is 3300. The van der Waals surface area contributed by atoms with Gasteiger partial charge in [0.05, 0.1) is 62.1 Å². The fourth-order valence-electron chi connectivity index (χ4n) is 10.7. The second-order valence-corrected chi connectivity index (χ2v) is 24.7. The maximum absolute atomic E-state index is 12.9. The standard InChI is InChI=1S/C34H43N3O6.C34H41N3O6/c2*1-34(2,3)43-33(39)37-16-6-7-24(18-37)26-17-28(36-32(35)27(26)19-38)31-29(41-20-22-10-11-22)8-5-9-30(31)42-21-23-12-14-25(40-4)15-13-23/h5,8-9,12-15,17,22,24,38H,6-7,10-11,16,18-21H2,1-4H3,(H2,35,36);5,8-9,12-15,17,19,22,24H,6-7,10-11,16,18,20-21H2,1-4H3,(H2,35,36). The number of aldehydes is 1. The second kappa shape index (κ2) is 27.9. The summed E-state index contributed by atoms with van der Waals surface area (Å²) < 4.78 is 47.2. The quantitative estimate of drug-likeness (QED) is 0.0604. The molecule has 2 aromatic heterocycles. The number of nitrogens with zero attached hydrogens (tertiary/aromatic N) is 4. The van der Waals surface area contributed by atoms with Crippen LogP contribution in [0.15, 0.2) is 97.1 Å². The number of hydrogen-bond donors (Lipinski definition) is 3. The van der Waals surface area contributed by atoms with E-state index in [1.165, 1.54) is 12.8 Å². The number of anilines is 2. The number of methoxy groups -OCH3 is 2. The van der Waals surface area contributed by atoms with E-state index in [9.17, 15) is 19.5 Å². The summed E-state index contributed by atoms with van der Waals surface area (Å²) in [6.07, 6.45) is 7.92. The van der Waals surface area contributed by atoms with Crippen LogP contribution in [0.25, 0.3) is 22.5 Å². The minimum atomic E-state index is -0.599. The lowest BCUT2D eigenvalue weighted by Crippen LogP contribution is -2.42. The van der Waals surface area contributed by atoms with E-state index < -0.39 is 11.2 Å². The predicted molar refractivity (Wildman–Crippen MR) is 330 cm³/mol. The van der Waals surface area contributed by atoms with Crippen molar-refractivity contribution in [2.75, 3.05) is 65.1 Å². The van der Waals surface area contributed by atoms with Gasteiger partial charge in [-0.1, -0.05) is 36.4 Å². The number of benzene rings is 4. The Balaban J connectivity index is 0.000000205. The van der Waals surface area contributed by atoms with Crippen molar-refractivity contribution in [2.45, 2.75) is 136 Å². The van der Waals surface area contributed by atoms with Crippen molar-refractivity contribution in [3.05, 3.63) is 130 Å². The number of hydrogen-bond acceptors (Lipinski definition) is 16. The highest BCUT2D eigenvalue weighted by molar-refractivity contribution is 5.87. The Kier molecular flexibility index (Phi) is 20.2. The summed E-state index contributed by atoms with van der Waals surface area (Å²) in [4.78, 5) is 51.0. The number of amides is 2. The molecule has 4 aliphatic rings. The molecule has 0 bridgehead atoms. The highest BCUT2D eigenvalue weighted by Gasteiger charge is 2.34. The van der Waals surface area contributed by atoms with E-state index in [1.54, 1.807) is 24.0 Å². The molecule has 4 heterocycles. The third-order valence-electron chi connectivity index (χ3n) is 15.6. The fourth-order valence-corrected chi connectivity index (χ4v) is 10.7. The van der Waals surface area contributed by atoms with Crippen molar-refractivity contribution in [1.29, 1.82) is 0 Å². The van der Waals surface area contributed by atoms with Crippen molar-refractivity contribution in [1.82, 2.24) is 19.8 Å². The number of aliphatic hydroxyl groups excluding tert-OH is 1. The summed E-state index contributed by atoms with van der Waals surface area (Å²) >= 11 is 0. The number of rotatable bonds is 20. The van der Waals surface area contributed by atoms with Crippen molar-refractivity contribution in [3.8, 4) is 57.0 Å². The molecule has 2 amide bonds. The number of likely N-dealkylation sites (tertiary alicyclic amines) is 2. The van der Waals surface area contributed by atoms with Gasteiger partial charge in [0, 0.05) is 43.6 Å². The number of nitrogens with two attached hydrogens (primary N) is 2. The van der Waals surface area contributed by atoms with Crippen LogP contribution in [0.3, 0.4) is 0 Å². The van der Waals surface area contributed by atoms with E-state index in [4.69, 9.17) is 54.3 Å². The van der Waals surface area contributed by atoms with Gasteiger partial charge in [0.2, 0.25) is 0 Å². The number of carbonyl (C=O) groups excluding carboxylic acids is 3. The van der Waals surface area contributed by atoms with Gasteiger partial charge in [-0.2, -0.15) is 0 Å². The Hall–Kier alpha value is -8.25. The van der Waals surface area contributed by atoms with E-state index in [1.807, 2.05) is 139 Å². The highest BCUT2D eigenvalue weighted by Crippen LogP contribution is 2.45. The van der Waals surface area contributed by atoms with E-state index in [0.29, 0.717) is 121 Å². The van der Waals surface area contributed by atoms with Gasteiger partial charge in [-0.3, -0.25) is 4.79 Å². The summed E-state index contributed by atoms with van der Waals surface area (Å²) in [6, 6.07) is 30.8. The topological polar surface area (TPSA) is 230 Å². The molecule has 86 heavy (non-hydrogen) atoms.